The van der Waals surface area contributed by atoms with Gasteiger partial charge in [-0.1, -0.05) is 18.5 Å². The first-order chi connectivity index (χ1) is 10.1. The van der Waals surface area contributed by atoms with Gasteiger partial charge >= 0.3 is 0 Å². The van der Waals surface area contributed by atoms with Gasteiger partial charge in [0, 0.05) is 19.1 Å². The van der Waals surface area contributed by atoms with E-state index >= 15 is 0 Å². The summed E-state index contributed by atoms with van der Waals surface area (Å²) in [5, 5.41) is 8.89. The fraction of sp³-hybridized carbons (Fsp3) is 0.812. The van der Waals surface area contributed by atoms with Crippen molar-refractivity contribution in [1.82, 2.24) is 20.0 Å². The molecular weight excluding hydrogens is 284 g/mol. The van der Waals surface area contributed by atoms with Gasteiger partial charge in [-0.25, -0.2) is 0 Å². The third-order valence-corrected chi connectivity index (χ3v) is 5.74. The van der Waals surface area contributed by atoms with Crippen molar-refractivity contribution in [3.05, 3.63) is 16.9 Å². The maximum absolute atomic E-state index is 6.42. The van der Waals surface area contributed by atoms with Gasteiger partial charge in [-0.3, -0.25) is 4.68 Å². The molecule has 0 aliphatic carbocycles. The molecule has 2 bridgehead atoms. The van der Waals surface area contributed by atoms with Crippen molar-refractivity contribution in [3.63, 3.8) is 0 Å². The molecule has 0 radical (unpaired) electrons. The van der Waals surface area contributed by atoms with Gasteiger partial charge in [0.2, 0.25) is 0 Å². The number of halogens is 1. The van der Waals surface area contributed by atoms with Crippen molar-refractivity contribution in [2.75, 3.05) is 13.6 Å². The predicted molar refractivity (Wildman–Crippen MR) is 86.5 cm³/mol. The van der Waals surface area contributed by atoms with E-state index in [1.165, 1.54) is 31.4 Å². The highest BCUT2D eigenvalue weighted by Gasteiger charge is 2.42. The molecule has 3 rings (SSSR count). The summed E-state index contributed by atoms with van der Waals surface area (Å²) in [5.41, 5.74) is 1.17. The Balaban J connectivity index is 1.83. The van der Waals surface area contributed by atoms with Crippen LogP contribution in [0.25, 0.3) is 0 Å². The summed E-state index contributed by atoms with van der Waals surface area (Å²) in [6, 6.07) is 1.85. The number of hydrogen-bond acceptors (Lipinski definition) is 3. The van der Waals surface area contributed by atoms with E-state index in [-0.39, 0.29) is 0 Å². The van der Waals surface area contributed by atoms with Crippen molar-refractivity contribution in [3.8, 4) is 0 Å². The zero-order valence-corrected chi connectivity index (χ0v) is 14.1. The van der Waals surface area contributed by atoms with Gasteiger partial charge in [0.15, 0.2) is 0 Å². The number of nitrogens with one attached hydrogen (secondary N) is 1. The molecule has 3 heterocycles. The van der Waals surface area contributed by atoms with Crippen LogP contribution in [0.3, 0.4) is 0 Å². The molecule has 2 saturated heterocycles. The number of aryl methyl sites for hydroxylation is 1. The SMILES string of the molecule is CCCNC(c1c(Cl)cnn1C)C1CC2CCC(C1)N2C. The van der Waals surface area contributed by atoms with E-state index in [0.29, 0.717) is 12.0 Å². The van der Waals surface area contributed by atoms with Crippen LogP contribution in [0.15, 0.2) is 6.20 Å². The highest BCUT2D eigenvalue weighted by molar-refractivity contribution is 6.31. The minimum absolute atomic E-state index is 0.335. The lowest BCUT2D eigenvalue weighted by Crippen LogP contribution is -2.44. The highest BCUT2D eigenvalue weighted by Crippen LogP contribution is 2.43. The summed E-state index contributed by atoms with van der Waals surface area (Å²) < 4.78 is 1.95. The lowest BCUT2D eigenvalue weighted by Gasteiger charge is -2.40. The Hall–Kier alpha value is -0.580. The van der Waals surface area contributed by atoms with Crippen LogP contribution in [0.1, 0.15) is 50.8 Å². The summed E-state index contributed by atoms with van der Waals surface area (Å²) in [5.74, 6) is 0.665. The minimum atomic E-state index is 0.335. The minimum Gasteiger partial charge on any atom is -0.308 e. The fourth-order valence-electron chi connectivity index (χ4n) is 4.28. The molecule has 2 aliphatic rings. The Bertz CT molecular complexity index is 453. The van der Waals surface area contributed by atoms with Crippen molar-refractivity contribution >= 4 is 11.6 Å². The standard InChI is InChI=1S/C16H27ClN4/c1-4-7-18-15(16-14(17)10-19-21(16)3)11-8-12-5-6-13(9-11)20(12)2/h10-13,15,18H,4-9H2,1-3H3. The molecule has 2 fully saturated rings. The lowest BCUT2D eigenvalue weighted by molar-refractivity contribution is 0.110. The molecule has 1 aromatic heterocycles. The Kier molecular flexibility index (Phi) is 4.57. The quantitative estimate of drug-likeness (QED) is 0.907. The summed E-state index contributed by atoms with van der Waals surface area (Å²) in [6.07, 6.45) is 8.19. The van der Waals surface area contributed by atoms with Crippen LogP contribution in [0.4, 0.5) is 0 Å². The van der Waals surface area contributed by atoms with Crippen molar-refractivity contribution in [1.29, 1.82) is 0 Å². The lowest BCUT2D eigenvalue weighted by atomic mass is 9.83. The topological polar surface area (TPSA) is 33.1 Å². The Morgan fingerprint density at radius 3 is 2.52 bits per heavy atom. The zero-order valence-electron chi connectivity index (χ0n) is 13.3. The molecule has 21 heavy (non-hydrogen) atoms. The molecule has 0 amide bonds. The first kappa shape index (κ1) is 15.3. The van der Waals surface area contributed by atoms with Crippen LogP contribution >= 0.6 is 11.6 Å². The maximum Gasteiger partial charge on any atom is 0.0834 e. The van der Waals surface area contributed by atoms with Gasteiger partial charge in [-0.15, -0.1) is 0 Å². The predicted octanol–water partition coefficient (Wildman–Crippen LogP) is 2.99. The largest absolute Gasteiger partial charge is 0.308 e. The summed E-state index contributed by atoms with van der Waals surface area (Å²) in [6.45, 7) is 3.25. The Labute approximate surface area is 132 Å². The van der Waals surface area contributed by atoms with Crippen molar-refractivity contribution < 1.29 is 0 Å². The molecule has 2 aliphatic heterocycles. The first-order valence-corrected chi connectivity index (χ1v) is 8.62. The van der Waals surface area contributed by atoms with Gasteiger partial charge in [-0.05, 0) is 51.6 Å². The summed E-state index contributed by atoms with van der Waals surface area (Å²) >= 11 is 6.42. The van der Waals surface area contributed by atoms with E-state index in [1.54, 1.807) is 6.20 Å². The highest BCUT2D eigenvalue weighted by atomic mass is 35.5. The first-order valence-electron chi connectivity index (χ1n) is 8.24. The van der Waals surface area contributed by atoms with Crippen LogP contribution in [0.5, 0.6) is 0 Å². The molecule has 0 saturated carbocycles. The molecule has 0 spiro atoms. The number of aromatic nitrogens is 2. The molecule has 0 aromatic carbocycles. The Morgan fingerprint density at radius 2 is 2.00 bits per heavy atom. The number of piperidine rings is 1. The van der Waals surface area contributed by atoms with E-state index in [4.69, 9.17) is 11.6 Å². The second kappa shape index (κ2) is 6.27. The average Bonchev–Trinajstić information content (AvgIpc) is 2.88. The monoisotopic (exact) mass is 310 g/mol. The normalized spacial score (nSPS) is 30.8. The zero-order chi connectivity index (χ0) is 15.0. The van der Waals surface area contributed by atoms with Gasteiger partial charge in [-0.2, -0.15) is 5.10 Å². The van der Waals surface area contributed by atoms with Gasteiger partial charge in [0.25, 0.3) is 0 Å². The number of hydrogen-bond donors (Lipinski definition) is 1. The molecule has 4 nitrogen and oxygen atoms in total. The third-order valence-electron chi connectivity index (χ3n) is 5.45. The fourth-order valence-corrected chi connectivity index (χ4v) is 4.57. The van der Waals surface area contributed by atoms with Crippen LogP contribution in [-0.2, 0) is 7.05 Å². The second-order valence-electron chi connectivity index (χ2n) is 6.72. The van der Waals surface area contributed by atoms with Crippen LogP contribution in [0.2, 0.25) is 5.02 Å². The number of rotatable bonds is 5. The molecular formula is C16H27ClN4. The summed E-state index contributed by atoms with van der Waals surface area (Å²) in [4.78, 5) is 2.60. The molecule has 3 unspecified atom stereocenters. The van der Waals surface area contributed by atoms with Crippen molar-refractivity contribution in [2.45, 2.75) is 57.2 Å². The van der Waals surface area contributed by atoms with Gasteiger partial charge in [0.05, 0.1) is 23.0 Å². The molecule has 1 N–H and O–H groups in total. The number of fused-ring (bicyclic) bond motifs is 2. The molecule has 118 valence electrons. The molecule has 1 aromatic rings. The van der Waals surface area contributed by atoms with E-state index in [9.17, 15) is 0 Å². The van der Waals surface area contributed by atoms with Gasteiger partial charge < -0.3 is 10.2 Å². The molecule has 5 heteroatoms. The Morgan fingerprint density at radius 1 is 1.33 bits per heavy atom. The van der Waals surface area contributed by atoms with Crippen LogP contribution in [0, 0.1) is 5.92 Å². The second-order valence-corrected chi connectivity index (χ2v) is 7.12. The van der Waals surface area contributed by atoms with E-state index in [1.807, 2.05) is 11.7 Å². The van der Waals surface area contributed by atoms with E-state index in [2.05, 4.69) is 29.3 Å². The van der Waals surface area contributed by atoms with Crippen molar-refractivity contribution in [2.24, 2.45) is 13.0 Å². The average molecular weight is 311 g/mol. The van der Waals surface area contributed by atoms with E-state index < -0.39 is 0 Å². The van der Waals surface area contributed by atoms with Crippen LogP contribution in [-0.4, -0.2) is 40.4 Å². The van der Waals surface area contributed by atoms with Crippen LogP contribution < -0.4 is 5.32 Å². The smallest absolute Gasteiger partial charge is 0.0834 e. The maximum atomic E-state index is 6.42. The molecule has 3 atom stereocenters. The van der Waals surface area contributed by atoms with Gasteiger partial charge in [0.1, 0.15) is 0 Å². The number of nitrogens with zero attached hydrogens (tertiary/aromatic N) is 3. The third kappa shape index (κ3) is 2.86. The van der Waals surface area contributed by atoms with E-state index in [0.717, 1.165) is 30.1 Å². The summed E-state index contributed by atoms with van der Waals surface area (Å²) in [7, 11) is 4.30.